The van der Waals surface area contributed by atoms with Crippen molar-refractivity contribution in [2.45, 2.75) is 33.4 Å². The van der Waals surface area contributed by atoms with Gasteiger partial charge in [-0.3, -0.25) is 4.98 Å². The van der Waals surface area contributed by atoms with Crippen LogP contribution < -0.4 is 4.90 Å². The number of aryl methyl sites for hydroxylation is 1. The van der Waals surface area contributed by atoms with E-state index in [1.165, 1.54) is 39.0 Å². The number of hydrogen-bond donors (Lipinski definition) is 0. The molecule has 0 unspecified atom stereocenters. The van der Waals surface area contributed by atoms with Crippen molar-refractivity contribution in [2.75, 3.05) is 11.4 Å². The molecule has 3 heterocycles. The number of fused-ring (bicyclic) bond motifs is 2. The van der Waals surface area contributed by atoms with Gasteiger partial charge in [-0.15, -0.1) is 0 Å². The molecule has 4 aromatic rings. The molecule has 0 radical (unpaired) electrons. The Bertz CT molecular complexity index is 1290. The minimum absolute atomic E-state index is 0.702. The van der Waals surface area contributed by atoms with E-state index in [-0.39, 0.29) is 0 Å². The first kappa shape index (κ1) is 18.4. The Balaban J connectivity index is 1.62. The monoisotopic (exact) mass is 392 g/mol. The van der Waals surface area contributed by atoms with Crippen LogP contribution in [0.2, 0.25) is 0 Å². The zero-order chi connectivity index (χ0) is 20.7. The lowest BCUT2D eigenvalue weighted by Crippen LogP contribution is -2.30. The van der Waals surface area contributed by atoms with Crippen molar-refractivity contribution in [3.8, 4) is 6.07 Å². The van der Waals surface area contributed by atoms with E-state index in [9.17, 15) is 5.26 Å². The van der Waals surface area contributed by atoms with Gasteiger partial charge in [-0.05, 0) is 54.7 Å². The maximum absolute atomic E-state index is 9.28. The second-order valence-corrected chi connectivity index (χ2v) is 8.10. The second-order valence-electron chi connectivity index (χ2n) is 8.10. The standard InChI is InChI=1S/C26H24N4/c1-18-19(2)30(16-21-7-5-6-20(12-21)13-27)26-24(18)14-28-15-25(26)29-11-10-22-8-3-4-9-23(22)17-29/h3-9,12,14-15H,10-11,16-17H2,1-2H3. The average Bonchev–Trinajstić information content (AvgIpc) is 3.04. The third-order valence-corrected chi connectivity index (χ3v) is 6.39. The summed E-state index contributed by atoms with van der Waals surface area (Å²) in [5.74, 6) is 0. The molecule has 0 aliphatic carbocycles. The molecule has 148 valence electrons. The first-order valence-corrected chi connectivity index (χ1v) is 10.4. The zero-order valence-electron chi connectivity index (χ0n) is 17.4. The Morgan fingerprint density at radius 2 is 1.87 bits per heavy atom. The van der Waals surface area contributed by atoms with Gasteiger partial charge in [0.15, 0.2) is 0 Å². The summed E-state index contributed by atoms with van der Waals surface area (Å²) < 4.78 is 2.39. The molecule has 4 heteroatoms. The van der Waals surface area contributed by atoms with Crippen molar-refractivity contribution in [2.24, 2.45) is 0 Å². The van der Waals surface area contributed by atoms with Crippen LogP contribution in [0, 0.1) is 25.2 Å². The quantitative estimate of drug-likeness (QED) is 0.485. The summed E-state index contributed by atoms with van der Waals surface area (Å²) in [6, 6.07) is 18.9. The van der Waals surface area contributed by atoms with Crippen molar-refractivity contribution in [3.05, 3.63) is 94.4 Å². The lowest BCUT2D eigenvalue weighted by Gasteiger charge is -2.31. The number of nitrogens with zero attached hydrogens (tertiary/aromatic N) is 4. The number of benzene rings is 2. The molecule has 0 atom stereocenters. The lowest BCUT2D eigenvalue weighted by atomic mass is 9.99. The molecule has 2 aromatic carbocycles. The van der Waals surface area contributed by atoms with Gasteiger partial charge in [0.05, 0.1) is 29.0 Å². The topological polar surface area (TPSA) is 44.9 Å². The van der Waals surface area contributed by atoms with Gasteiger partial charge in [0.1, 0.15) is 0 Å². The van der Waals surface area contributed by atoms with Crippen molar-refractivity contribution in [3.63, 3.8) is 0 Å². The fraction of sp³-hybridized carbons (Fsp3) is 0.231. The van der Waals surface area contributed by atoms with E-state index in [0.717, 1.165) is 31.6 Å². The molecular formula is C26H24N4. The molecule has 4 nitrogen and oxygen atoms in total. The Labute approximate surface area is 177 Å². The van der Waals surface area contributed by atoms with Crippen molar-refractivity contribution < 1.29 is 0 Å². The van der Waals surface area contributed by atoms with Gasteiger partial charge in [0.2, 0.25) is 0 Å². The smallest absolute Gasteiger partial charge is 0.0991 e. The minimum atomic E-state index is 0.702. The maximum atomic E-state index is 9.28. The Morgan fingerprint density at radius 1 is 1.03 bits per heavy atom. The number of rotatable bonds is 3. The number of anilines is 1. The Hall–Kier alpha value is -3.58. The molecule has 1 aliphatic heterocycles. The number of hydrogen-bond acceptors (Lipinski definition) is 3. The number of pyridine rings is 1. The molecule has 1 aliphatic rings. The Kier molecular flexibility index (Phi) is 4.52. The molecule has 0 saturated heterocycles. The molecule has 0 N–H and O–H groups in total. The van der Waals surface area contributed by atoms with Gasteiger partial charge in [0, 0.05) is 36.9 Å². The highest BCUT2D eigenvalue weighted by molar-refractivity contribution is 5.94. The van der Waals surface area contributed by atoms with Crippen LogP contribution in [-0.2, 0) is 19.5 Å². The highest BCUT2D eigenvalue weighted by Crippen LogP contribution is 2.35. The van der Waals surface area contributed by atoms with Crippen LogP contribution in [0.1, 0.15) is 33.5 Å². The summed E-state index contributed by atoms with van der Waals surface area (Å²) in [5.41, 5.74) is 9.64. The minimum Gasteiger partial charge on any atom is -0.364 e. The summed E-state index contributed by atoms with van der Waals surface area (Å²) >= 11 is 0. The lowest BCUT2D eigenvalue weighted by molar-refractivity contribution is 0.726. The van der Waals surface area contributed by atoms with Gasteiger partial charge in [-0.25, -0.2) is 0 Å². The van der Waals surface area contributed by atoms with Gasteiger partial charge in [0.25, 0.3) is 0 Å². The van der Waals surface area contributed by atoms with Crippen molar-refractivity contribution >= 4 is 16.6 Å². The summed E-state index contributed by atoms with van der Waals surface area (Å²) in [6.45, 7) is 7.00. The summed E-state index contributed by atoms with van der Waals surface area (Å²) in [5, 5.41) is 10.5. The molecule has 0 fully saturated rings. The van der Waals surface area contributed by atoms with E-state index in [0.29, 0.717) is 5.56 Å². The molecule has 5 rings (SSSR count). The third-order valence-electron chi connectivity index (χ3n) is 6.39. The maximum Gasteiger partial charge on any atom is 0.0991 e. The van der Waals surface area contributed by atoms with Gasteiger partial charge >= 0.3 is 0 Å². The number of aromatic nitrogens is 2. The van der Waals surface area contributed by atoms with E-state index >= 15 is 0 Å². The predicted molar refractivity (Wildman–Crippen MR) is 121 cm³/mol. The zero-order valence-corrected chi connectivity index (χ0v) is 17.4. The van der Waals surface area contributed by atoms with Crippen LogP contribution in [0.5, 0.6) is 0 Å². The fourth-order valence-electron chi connectivity index (χ4n) is 4.62. The molecule has 0 bridgehead atoms. The highest BCUT2D eigenvalue weighted by atomic mass is 15.2. The van der Waals surface area contributed by atoms with Gasteiger partial charge in [-0.1, -0.05) is 36.4 Å². The van der Waals surface area contributed by atoms with Crippen LogP contribution in [0.15, 0.2) is 60.9 Å². The number of nitriles is 1. The molecule has 0 saturated carbocycles. The fourth-order valence-corrected chi connectivity index (χ4v) is 4.62. The van der Waals surface area contributed by atoms with Gasteiger partial charge < -0.3 is 9.47 Å². The molecule has 2 aromatic heterocycles. The van der Waals surface area contributed by atoms with Crippen LogP contribution in [0.3, 0.4) is 0 Å². The highest BCUT2D eigenvalue weighted by Gasteiger charge is 2.22. The van der Waals surface area contributed by atoms with Crippen LogP contribution in [0.4, 0.5) is 5.69 Å². The molecule has 0 amide bonds. The third kappa shape index (κ3) is 3.04. The van der Waals surface area contributed by atoms with E-state index < -0.39 is 0 Å². The average molecular weight is 393 g/mol. The van der Waals surface area contributed by atoms with Crippen LogP contribution in [-0.4, -0.2) is 16.1 Å². The van der Waals surface area contributed by atoms with Crippen LogP contribution >= 0.6 is 0 Å². The molecule has 0 spiro atoms. The summed E-state index contributed by atoms with van der Waals surface area (Å²) in [6.07, 6.45) is 5.05. The summed E-state index contributed by atoms with van der Waals surface area (Å²) in [7, 11) is 0. The predicted octanol–water partition coefficient (Wildman–Crippen LogP) is 5.14. The van der Waals surface area contributed by atoms with Crippen LogP contribution in [0.25, 0.3) is 10.9 Å². The van der Waals surface area contributed by atoms with Crippen molar-refractivity contribution in [1.82, 2.24) is 9.55 Å². The molecule has 30 heavy (non-hydrogen) atoms. The summed E-state index contributed by atoms with van der Waals surface area (Å²) in [4.78, 5) is 7.05. The molecular weight excluding hydrogens is 368 g/mol. The first-order valence-electron chi connectivity index (χ1n) is 10.4. The first-order chi connectivity index (χ1) is 14.7. The largest absolute Gasteiger partial charge is 0.364 e. The van der Waals surface area contributed by atoms with E-state index in [4.69, 9.17) is 0 Å². The normalized spacial score (nSPS) is 13.3. The Morgan fingerprint density at radius 3 is 2.70 bits per heavy atom. The SMILES string of the molecule is Cc1c(C)n(Cc2cccc(C#N)c2)c2c(N3CCc4ccccc4C3)cncc12. The van der Waals surface area contributed by atoms with E-state index in [1.807, 2.05) is 30.6 Å². The van der Waals surface area contributed by atoms with E-state index in [2.05, 4.69) is 64.7 Å². The second kappa shape index (κ2) is 7.35. The van der Waals surface area contributed by atoms with Crippen molar-refractivity contribution in [1.29, 1.82) is 5.26 Å². The van der Waals surface area contributed by atoms with E-state index in [1.54, 1.807) is 0 Å². The van der Waals surface area contributed by atoms with Gasteiger partial charge in [-0.2, -0.15) is 5.26 Å².